The summed E-state index contributed by atoms with van der Waals surface area (Å²) in [5.41, 5.74) is 5.73. The van der Waals surface area contributed by atoms with Crippen LogP contribution in [0.15, 0.2) is 17.5 Å². The van der Waals surface area contributed by atoms with Crippen molar-refractivity contribution >= 4 is 17.2 Å². The van der Waals surface area contributed by atoms with Gasteiger partial charge in [-0.25, -0.2) is 0 Å². The van der Waals surface area contributed by atoms with Crippen LogP contribution in [0.4, 0.5) is 0 Å². The van der Waals surface area contributed by atoms with Crippen molar-refractivity contribution in [2.45, 2.75) is 52.1 Å². The molecule has 2 N–H and O–H groups in total. The van der Waals surface area contributed by atoms with Crippen LogP contribution in [0.2, 0.25) is 0 Å². The molecule has 1 heterocycles. The van der Waals surface area contributed by atoms with E-state index in [1.54, 1.807) is 11.3 Å². The van der Waals surface area contributed by atoms with E-state index < -0.39 is 0 Å². The maximum absolute atomic E-state index is 12.8. The maximum Gasteiger partial charge on any atom is 0.226 e. The Bertz CT molecular complexity index is 408. The number of hydrogen-bond donors (Lipinski definition) is 1. The Balaban J connectivity index is 1.97. The molecule has 0 radical (unpaired) electrons. The number of carbonyl (C=O) groups is 1. The second kappa shape index (κ2) is 7.23. The molecule has 0 saturated heterocycles. The first-order valence-electron chi connectivity index (χ1n) is 7.64. The molecule has 4 heteroatoms. The third kappa shape index (κ3) is 3.83. The van der Waals surface area contributed by atoms with Gasteiger partial charge in [-0.15, -0.1) is 11.3 Å². The first kappa shape index (κ1) is 15.5. The quantitative estimate of drug-likeness (QED) is 0.906. The summed E-state index contributed by atoms with van der Waals surface area (Å²) in [6.45, 7) is 5.74. The fraction of sp³-hybridized carbons (Fsp3) is 0.688. The minimum Gasteiger partial charge on any atom is -0.335 e. The lowest BCUT2D eigenvalue weighted by atomic mass is 9.81. The van der Waals surface area contributed by atoms with Gasteiger partial charge < -0.3 is 10.6 Å². The van der Waals surface area contributed by atoms with Gasteiger partial charge >= 0.3 is 0 Å². The minimum atomic E-state index is 0.208. The fourth-order valence-electron chi connectivity index (χ4n) is 2.97. The summed E-state index contributed by atoms with van der Waals surface area (Å²) in [5, 5.41) is 2.07. The molecular formula is C16H26N2OS. The number of hydrogen-bond acceptors (Lipinski definition) is 3. The van der Waals surface area contributed by atoms with E-state index >= 15 is 0 Å². The number of carbonyl (C=O) groups excluding carboxylic acids is 1. The molecule has 1 fully saturated rings. The van der Waals surface area contributed by atoms with Crippen molar-refractivity contribution in [3.05, 3.63) is 22.4 Å². The zero-order chi connectivity index (χ0) is 14.5. The molecule has 1 amide bonds. The lowest BCUT2D eigenvalue weighted by Gasteiger charge is -2.33. The first-order chi connectivity index (χ1) is 9.61. The number of rotatable bonds is 5. The van der Waals surface area contributed by atoms with Crippen LogP contribution in [0.3, 0.4) is 0 Å². The highest BCUT2D eigenvalue weighted by Crippen LogP contribution is 2.30. The monoisotopic (exact) mass is 294 g/mol. The Labute approximate surface area is 126 Å². The van der Waals surface area contributed by atoms with Crippen LogP contribution in [0.25, 0.3) is 0 Å². The summed E-state index contributed by atoms with van der Waals surface area (Å²) in [4.78, 5) is 16.1. The van der Waals surface area contributed by atoms with Gasteiger partial charge in [0.05, 0.1) is 6.54 Å². The SMILES string of the molecule is CC(C)N(Cc1cccs1)C(=O)C1CCC(CN)CC1. The molecular weight excluding hydrogens is 268 g/mol. The molecule has 0 aliphatic heterocycles. The Morgan fingerprint density at radius 2 is 2.10 bits per heavy atom. The van der Waals surface area contributed by atoms with Crippen molar-refractivity contribution in [1.29, 1.82) is 0 Å². The molecule has 0 aromatic carbocycles. The van der Waals surface area contributed by atoms with E-state index in [9.17, 15) is 4.79 Å². The van der Waals surface area contributed by atoms with Crippen LogP contribution >= 0.6 is 11.3 Å². The molecule has 0 atom stereocenters. The second-order valence-electron chi connectivity index (χ2n) is 6.09. The van der Waals surface area contributed by atoms with E-state index in [1.807, 2.05) is 4.90 Å². The lowest BCUT2D eigenvalue weighted by Crippen LogP contribution is -2.41. The van der Waals surface area contributed by atoms with Crippen molar-refractivity contribution in [2.75, 3.05) is 6.54 Å². The Hall–Kier alpha value is -0.870. The summed E-state index contributed by atoms with van der Waals surface area (Å²) in [6.07, 6.45) is 4.23. The fourth-order valence-corrected chi connectivity index (χ4v) is 3.67. The third-order valence-electron chi connectivity index (χ3n) is 4.34. The Morgan fingerprint density at radius 1 is 1.40 bits per heavy atom. The first-order valence-corrected chi connectivity index (χ1v) is 8.52. The molecule has 2 rings (SSSR count). The van der Waals surface area contributed by atoms with Gasteiger partial charge in [0.1, 0.15) is 0 Å². The lowest BCUT2D eigenvalue weighted by molar-refractivity contribution is -0.139. The van der Waals surface area contributed by atoms with E-state index in [4.69, 9.17) is 5.73 Å². The van der Waals surface area contributed by atoms with Gasteiger partial charge in [-0.05, 0) is 63.4 Å². The van der Waals surface area contributed by atoms with Crippen LogP contribution in [-0.2, 0) is 11.3 Å². The Kier molecular flexibility index (Phi) is 5.61. The minimum absolute atomic E-state index is 0.208. The van der Waals surface area contributed by atoms with Crippen molar-refractivity contribution in [3.8, 4) is 0 Å². The zero-order valence-electron chi connectivity index (χ0n) is 12.5. The molecule has 0 bridgehead atoms. The van der Waals surface area contributed by atoms with E-state index in [0.717, 1.165) is 38.8 Å². The highest BCUT2D eigenvalue weighted by Gasteiger charge is 2.30. The molecule has 0 unspecified atom stereocenters. The van der Waals surface area contributed by atoms with Crippen LogP contribution in [0, 0.1) is 11.8 Å². The molecule has 1 aromatic heterocycles. The van der Waals surface area contributed by atoms with Crippen molar-refractivity contribution in [2.24, 2.45) is 17.6 Å². The standard InChI is InChI=1S/C16H26N2OS/c1-12(2)18(11-15-4-3-9-20-15)16(19)14-7-5-13(10-17)6-8-14/h3-4,9,12-14H,5-8,10-11,17H2,1-2H3. The second-order valence-corrected chi connectivity index (χ2v) is 7.12. The van der Waals surface area contributed by atoms with Crippen molar-refractivity contribution in [3.63, 3.8) is 0 Å². The summed E-state index contributed by atoms with van der Waals surface area (Å²) in [7, 11) is 0. The Morgan fingerprint density at radius 3 is 2.60 bits per heavy atom. The summed E-state index contributed by atoms with van der Waals surface area (Å²) in [5.74, 6) is 1.17. The zero-order valence-corrected chi connectivity index (χ0v) is 13.4. The van der Waals surface area contributed by atoms with Gasteiger partial charge in [-0.3, -0.25) is 4.79 Å². The average Bonchev–Trinajstić information content (AvgIpc) is 2.97. The van der Waals surface area contributed by atoms with Gasteiger partial charge in [-0.2, -0.15) is 0 Å². The predicted octanol–water partition coefficient (Wildman–Crippen LogP) is 3.25. The van der Waals surface area contributed by atoms with E-state index in [0.29, 0.717) is 11.8 Å². The van der Waals surface area contributed by atoms with Crippen molar-refractivity contribution in [1.82, 2.24) is 4.90 Å². The van der Waals surface area contributed by atoms with Gasteiger partial charge in [-0.1, -0.05) is 6.07 Å². The molecule has 1 saturated carbocycles. The number of amides is 1. The molecule has 1 aliphatic carbocycles. The van der Waals surface area contributed by atoms with Gasteiger partial charge in [0.15, 0.2) is 0 Å². The average molecular weight is 294 g/mol. The third-order valence-corrected chi connectivity index (χ3v) is 5.20. The summed E-state index contributed by atoms with van der Waals surface area (Å²) in [6, 6.07) is 4.42. The van der Waals surface area contributed by atoms with Gasteiger partial charge in [0.25, 0.3) is 0 Å². The molecule has 0 spiro atoms. The summed E-state index contributed by atoms with van der Waals surface area (Å²) < 4.78 is 0. The molecule has 112 valence electrons. The summed E-state index contributed by atoms with van der Waals surface area (Å²) >= 11 is 1.73. The van der Waals surface area contributed by atoms with Crippen LogP contribution in [0.1, 0.15) is 44.4 Å². The van der Waals surface area contributed by atoms with Crippen molar-refractivity contribution < 1.29 is 4.79 Å². The highest BCUT2D eigenvalue weighted by atomic mass is 32.1. The highest BCUT2D eigenvalue weighted by molar-refractivity contribution is 7.09. The molecule has 3 nitrogen and oxygen atoms in total. The van der Waals surface area contributed by atoms with E-state index in [-0.39, 0.29) is 12.0 Å². The molecule has 20 heavy (non-hydrogen) atoms. The topological polar surface area (TPSA) is 46.3 Å². The molecule has 1 aliphatic rings. The number of nitrogens with two attached hydrogens (primary N) is 1. The van der Waals surface area contributed by atoms with Gasteiger partial charge in [0.2, 0.25) is 5.91 Å². The van der Waals surface area contributed by atoms with Gasteiger partial charge in [0, 0.05) is 16.8 Å². The van der Waals surface area contributed by atoms with Crippen LogP contribution in [-0.4, -0.2) is 23.4 Å². The number of thiophene rings is 1. The predicted molar refractivity (Wildman–Crippen MR) is 84.5 cm³/mol. The maximum atomic E-state index is 12.8. The van der Waals surface area contributed by atoms with E-state index in [2.05, 4.69) is 31.4 Å². The van der Waals surface area contributed by atoms with Crippen LogP contribution < -0.4 is 5.73 Å². The molecule has 1 aromatic rings. The van der Waals surface area contributed by atoms with E-state index in [1.165, 1.54) is 4.88 Å². The normalized spacial score (nSPS) is 23.0. The van der Waals surface area contributed by atoms with Crippen LogP contribution in [0.5, 0.6) is 0 Å². The smallest absolute Gasteiger partial charge is 0.226 e. The largest absolute Gasteiger partial charge is 0.335 e. The number of nitrogens with zero attached hydrogens (tertiary/aromatic N) is 1.